The molecule has 0 saturated carbocycles. The first kappa shape index (κ1) is 16.8. The van der Waals surface area contributed by atoms with Crippen LogP contribution in [-0.4, -0.2) is 17.8 Å². The number of ether oxygens (including phenoxy) is 1. The van der Waals surface area contributed by atoms with Crippen LogP contribution in [0.2, 0.25) is 0 Å². The van der Waals surface area contributed by atoms with E-state index in [4.69, 9.17) is 4.74 Å². The van der Waals surface area contributed by atoms with Crippen molar-refractivity contribution in [2.45, 2.75) is 37.3 Å². The molecule has 0 unspecified atom stereocenters. The van der Waals surface area contributed by atoms with Gasteiger partial charge in [-0.15, -0.1) is 11.8 Å². The average molecular weight is 345 g/mol. The van der Waals surface area contributed by atoms with E-state index in [9.17, 15) is 9.18 Å². The molecule has 0 bridgehead atoms. The third-order valence-electron chi connectivity index (χ3n) is 4.03. The van der Waals surface area contributed by atoms with Crippen molar-refractivity contribution in [3.05, 3.63) is 59.4 Å². The molecule has 0 spiro atoms. The van der Waals surface area contributed by atoms with Crippen LogP contribution in [-0.2, 0) is 4.79 Å². The Morgan fingerprint density at radius 2 is 2.04 bits per heavy atom. The standard InChI is InChI=1S/C19H20FNO2S/c1-12-3-6-15(7-4-12)23-13(2)19(22)21-17-9-10-24-18-8-5-14(20)11-16(17)18/h3-8,11,13,17H,9-10H2,1-2H3,(H,21,22)/t13-,17+/m0/s1. The molecule has 3 nitrogen and oxygen atoms in total. The summed E-state index contributed by atoms with van der Waals surface area (Å²) in [5.74, 6) is 1.09. The molecule has 0 aliphatic carbocycles. The maximum Gasteiger partial charge on any atom is 0.261 e. The fraction of sp³-hybridized carbons (Fsp3) is 0.316. The average Bonchev–Trinajstić information content (AvgIpc) is 2.57. The van der Waals surface area contributed by atoms with Gasteiger partial charge in [0.05, 0.1) is 6.04 Å². The van der Waals surface area contributed by atoms with E-state index < -0.39 is 6.10 Å². The Labute approximate surface area is 145 Å². The van der Waals surface area contributed by atoms with Crippen LogP contribution in [0.3, 0.4) is 0 Å². The first-order valence-electron chi connectivity index (χ1n) is 7.99. The van der Waals surface area contributed by atoms with Gasteiger partial charge in [0.25, 0.3) is 5.91 Å². The van der Waals surface area contributed by atoms with Crippen molar-refractivity contribution >= 4 is 17.7 Å². The molecule has 1 N–H and O–H groups in total. The van der Waals surface area contributed by atoms with E-state index in [2.05, 4.69) is 5.32 Å². The number of carbonyl (C=O) groups is 1. The van der Waals surface area contributed by atoms with Crippen LogP contribution in [0.25, 0.3) is 0 Å². The van der Waals surface area contributed by atoms with Crippen LogP contribution >= 0.6 is 11.8 Å². The van der Waals surface area contributed by atoms with Gasteiger partial charge in [-0.25, -0.2) is 4.39 Å². The van der Waals surface area contributed by atoms with E-state index in [0.717, 1.165) is 28.2 Å². The number of aryl methyl sites for hydroxylation is 1. The SMILES string of the molecule is Cc1ccc(O[C@@H](C)C(=O)N[C@@H]2CCSc3ccc(F)cc32)cc1. The predicted molar refractivity (Wildman–Crippen MR) is 93.9 cm³/mol. The fourth-order valence-electron chi connectivity index (χ4n) is 2.68. The second-order valence-corrected chi connectivity index (χ2v) is 7.09. The van der Waals surface area contributed by atoms with Crippen molar-refractivity contribution in [2.24, 2.45) is 0 Å². The Hall–Kier alpha value is -2.01. The molecule has 2 aromatic carbocycles. The molecule has 126 valence electrons. The van der Waals surface area contributed by atoms with E-state index in [0.29, 0.717) is 5.75 Å². The predicted octanol–water partition coefficient (Wildman–Crippen LogP) is 4.25. The van der Waals surface area contributed by atoms with Gasteiger partial charge in [0.2, 0.25) is 0 Å². The highest BCUT2D eigenvalue weighted by molar-refractivity contribution is 7.99. The number of fused-ring (bicyclic) bond motifs is 1. The maximum absolute atomic E-state index is 13.5. The summed E-state index contributed by atoms with van der Waals surface area (Å²) < 4.78 is 19.2. The molecule has 0 radical (unpaired) electrons. The first-order chi connectivity index (χ1) is 11.5. The van der Waals surface area contributed by atoms with Gasteiger partial charge in [-0.1, -0.05) is 17.7 Å². The van der Waals surface area contributed by atoms with E-state index in [1.807, 2.05) is 31.2 Å². The molecule has 0 aromatic heterocycles. The maximum atomic E-state index is 13.5. The monoisotopic (exact) mass is 345 g/mol. The number of amides is 1. The van der Waals surface area contributed by atoms with Crippen LogP contribution < -0.4 is 10.1 Å². The molecular formula is C19H20FNO2S. The fourth-order valence-corrected chi connectivity index (χ4v) is 3.78. The normalized spacial score (nSPS) is 17.7. The van der Waals surface area contributed by atoms with Gasteiger partial charge in [0, 0.05) is 10.6 Å². The first-order valence-corrected chi connectivity index (χ1v) is 8.97. The number of benzene rings is 2. The molecule has 2 aromatic rings. The van der Waals surface area contributed by atoms with Gasteiger partial charge in [-0.3, -0.25) is 4.79 Å². The number of halogens is 1. The Morgan fingerprint density at radius 3 is 2.79 bits per heavy atom. The zero-order chi connectivity index (χ0) is 17.1. The third-order valence-corrected chi connectivity index (χ3v) is 5.15. The largest absolute Gasteiger partial charge is 0.481 e. The number of thioether (sulfide) groups is 1. The lowest BCUT2D eigenvalue weighted by molar-refractivity contribution is -0.128. The van der Waals surface area contributed by atoms with Crippen LogP contribution in [0.1, 0.15) is 30.5 Å². The molecular weight excluding hydrogens is 325 g/mol. The lowest BCUT2D eigenvalue weighted by Crippen LogP contribution is -2.39. The molecule has 0 fully saturated rings. The molecule has 0 saturated heterocycles. The van der Waals surface area contributed by atoms with Crippen molar-refractivity contribution in [2.75, 3.05) is 5.75 Å². The summed E-state index contributed by atoms with van der Waals surface area (Å²) in [4.78, 5) is 13.5. The van der Waals surface area contributed by atoms with Crippen molar-refractivity contribution in [1.82, 2.24) is 5.32 Å². The van der Waals surface area contributed by atoms with Crippen LogP contribution in [0.4, 0.5) is 4.39 Å². The van der Waals surface area contributed by atoms with E-state index in [-0.39, 0.29) is 17.8 Å². The molecule has 1 aliphatic rings. The van der Waals surface area contributed by atoms with Gasteiger partial charge in [0.15, 0.2) is 6.10 Å². The molecule has 24 heavy (non-hydrogen) atoms. The molecule has 5 heteroatoms. The second kappa shape index (κ2) is 7.26. The Morgan fingerprint density at radius 1 is 1.29 bits per heavy atom. The zero-order valence-corrected chi connectivity index (χ0v) is 14.5. The summed E-state index contributed by atoms with van der Waals surface area (Å²) in [5.41, 5.74) is 1.99. The summed E-state index contributed by atoms with van der Waals surface area (Å²) in [6.45, 7) is 3.72. The highest BCUT2D eigenvalue weighted by atomic mass is 32.2. The van der Waals surface area contributed by atoms with Gasteiger partial charge in [-0.2, -0.15) is 0 Å². The van der Waals surface area contributed by atoms with Crippen LogP contribution in [0, 0.1) is 12.7 Å². The minimum Gasteiger partial charge on any atom is -0.481 e. The molecule has 1 aliphatic heterocycles. The van der Waals surface area contributed by atoms with Gasteiger partial charge in [-0.05, 0) is 56.2 Å². The van der Waals surface area contributed by atoms with Gasteiger partial charge >= 0.3 is 0 Å². The second-order valence-electron chi connectivity index (χ2n) is 5.95. The Balaban J connectivity index is 1.67. The minimum absolute atomic E-state index is 0.173. The lowest BCUT2D eigenvalue weighted by Gasteiger charge is -2.27. The van der Waals surface area contributed by atoms with E-state index >= 15 is 0 Å². The van der Waals surface area contributed by atoms with Crippen molar-refractivity contribution in [1.29, 1.82) is 0 Å². The highest BCUT2D eigenvalue weighted by Gasteiger charge is 2.25. The highest BCUT2D eigenvalue weighted by Crippen LogP contribution is 2.36. The molecule has 3 rings (SSSR count). The summed E-state index contributed by atoms with van der Waals surface area (Å²) >= 11 is 1.69. The number of rotatable bonds is 4. The quantitative estimate of drug-likeness (QED) is 0.900. The molecule has 2 atom stereocenters. The number of hydrogen-bond acceptors (Lipinski definition) is 3. The summed E-state index contributed by atoms with van der Waals surface area (Å²) in [7, 11) is 0. The summed E-state index contributed by atoms with van der Waals surface area (Å²) in [6, 6.07) is 12.2. The minimum atomic E-state index is -0.612. The van der Waals surface area contributed by atoms with Crippen LogP contribution in [0.5, 0.6) is 5.75 Å². The van der Waals surface area contributed by atoms with Crippen molar-refractivity contribution in [3.63, 3.8) is 0 Å². The Kier molecular flexibility index (Phi) is 5.09. The number of carbonyl (C=O) groups excluding carboxylic acids is 1. The smallest absolute Gasteiger partial charge is 0.261 e. The van der Waals surface area contributed by atoms with E-state index in [1.165, 1.54) is 12.1 Å². The summed E-state index contributed by atoms with van der Waals surface area (Å²) in [6.07, 6.45) is 0.170. The van der Waals surface area contributed by atoms with E-state index in [1.54, 1.807) is 24.8 Å². The van der Waals surface area contributed by atoms with Gasteiger partial charge in [0.1, 0.15) is 11.6 Å². The van der Waals surface area contributed by atoms with Crippen LogP contribution in [0.15, 0.2) is 47.4 Å². The zero-order valence-electron chi connectivity index (χ0n) is 13.7. The third kappa shape index (κ3) is 3.90. The Bertz CT molecular complexity index is 733. The molecule has 1 amide bonds. The lowest BCUT2D eigenvalue weighted by atomic mass is 10.0. The number of hydrogen-bond donors (Lipinski definition) is 1. The van der Waals surface area contributed by atoms with Crippen molar-refractivity contribution < 1.29 is 13.9 Å². The van der Waals surface area contributed by atoms with Crippen molar-refractivity contribution in [3.8, 4) is 5.75 Å². The number of nitrogens with one attached hydrogen (secondary N) is 1. The topological polar surface area (TPSA) is 38.3 Å². The summed E-state index contributed by atoms with van der Waals surface area (Å²) in [5, 5.41) is 2.99. The van der Waals surface area contributed by atoms with Gasteiger partial charge < -0.3 is 10.1 Å². The molecule has 1 heterocycles.